The summed E-state index contributed by atoms with van der Waals surface area (Å²) in [5, 5.41) is 4.55. The van der Waals surface area contributed by atoms with E-state index in [9.17, 15) is 18.0 Å². The molecule has 1 unspecified atom stereocenters. The van der Waals surface area contributed by atoms with E-state index in [0.29, 0.717) is 25.2 Å². The Hall–Kier alpha value is -1.89. The summed E-state index contributed by atoms with van der Waals surface area (Å²) in [6.07, 6.45) is 2.89. The second-order valence-electron chi connectivity index (χ2n) is 7.47. The lowest BCUT2D eigenvalue weighted by Gasteiger charge is -2.39. The Morgan fingerprint density at radius 3 is 2.64 bits per heavy atom. The molecule has 0 aromatic heterocycles. The van der Waals surface area contributed by atoms with Gasteiger partial charge in [-0.3, -0.25) is 9.59 Å². The maximum absolute atomic E-state index is 13.1. The van der Waals surface area contributed by atoms with E-state index in [1.54, 1.807) is 0 Å². The molecule has 1 aliphatic heterocycles. The van der Waals surface area contributed by atoms with Crippen LogP contribution in [0.25, 0.3) is 0 Å². The Balaban J connectivity index is 1.53. The van der Waals surface area contributed by atoms with Crippen LogP contribution in [0.15, 0.2) is 30.3 Å². The predicted octanol–water partition coefficient (Wildman–Crippen LogP) is 0.570. The van der Waals surface area contributed by atoms with Crippen LogP contribution in [0.2, 0.25) is 0 Å². The van der Waals surface area contributed by atoms with Gasteiger partial charge < -0.3 is 10.6 Å². The molecule has 25 heavy (non-hydrogen) atoms. The van der Waals surface area contributed by atoms with Crippen LogP contribution in [0.4, 0.5) is 0 Å². The largest absolute Gasteiger partial charge is 0.353 e. The van der Waals surface area contributed by atoms with Crippen molar-refractivity contribution in [2.45, 2.75) is 48.1 Å². The van der Waals surface area contributed by atoms with E-state index in [4.69, 9.17) is 0 Å². The summed E-state index contributed by atoms with van der Waals surface area (Å²) >= 11 is 0. The first-order chi connectivity index (χ1) is 11.9. The normalized spacial score (nSPS) is 33.6. The number of amides is 2. The van der Waals surface area contributed by atoms with Crippen LogP contribution in [0.5, 0.6) is 0 Å². The molecule has 134 valence electrons. The average molecular weight is 362 g/mol. The van der Waals surface area contributed by atoms with Crippen molar-refractivity contribution in [2.75, 3.05) is 6.54 Å². The monoisotopic (exact) mass is 362 g/mol. The zero-order chi connectivity index (χ0) is 17.7. The van der Waals surface area contributed by atoms with Crippen LogP contribution < -0.4 is 10.6 Å². The van der Waals surface area contributed by atoms with Gasteiger partial charge in [-0.05, 0) is 37.2 Å². The van der Waals surface area contributed by atoms with E-state index in [0.717, 1.165) is 12.0 Å². The topological polar surface area (TPSA) is 92.3 Å². The molecule has 2 saturated carbocycles. The zero-order valence-corrected chi connectivity index (χ0v) is 14.7. The van der Waals surface area contributed by atoms with E-state index in [2.05, 4.69) is 10.6 Å². The quantitative estimate of drug-likeness (QED) is 0.749. The van der Waals surface area contributed by atoms with Gasteiger partial charge in [0, 0.05) is 12.6 Å². The number of β-lactam (4-membered cyclic amide) rings is 1. The van der Waals surface area contributed by atoms with Crippen molar-refractivity contribution >= 4 is 21.7 Å². The number of rotatable bonds is 5. The van der Waals surface area contributed by atoms with Gasteiger partial charge in [0.2, 0.25) is 11.8 Å². The Bertz CT molecular complexity index is 808. The summed E-state index contributed by atoms with van der Waals surface area (Å²) in [7, 11) is -3.62. The van der Waals surface area contributed by atoms with Gasteiger partial charge >= 0.3 is 0 Å². The van der Waals surface area contributed by atoms with Crippen molar-refractivity contribution in [3.63, 3.8) is 0 Å². The van der Waals surface area contributed by atoms with E-state index < -0.39 is 25.7 Å². The standard InChI is InChI=1S/C18H22N2O4S/c21-16(9-12-4-2-1-3-5-12)20-15-8-13-6-7-18(15,10-13)25(23,24)14-11-19-17(14)22/h1-5,13-15H,6-11H2,(H,19,22)(H,20,21)/t13?,14-,15+,18-/m1/s1. The number of sulfone groups is 1. The highest BCUT2D eigenvalue weighted by Crippen LogP contribution is 2.53. The SMILES string of the molecule is O=C(Cc1ccccc1)N[C@H]1CC2CC[C@@]1(S(=O)(=O)[C@@H]1CNC1=O)C2. The molecule has 2 N–H and O–H groups in total. The lowest BCUT2D eigenvalue weighted by atomic mass is 9.94. The number of carbonyl (C=O) groups is 2. The smallest absolute Gasteiger partial charge is 0.240 e. The van der Waals surface area contributed by atoms with E-state index >= 15 is 0 Å². The molecule has 3 fully saturated rings. The molecule has 0 spiro atoms. The second kappa shape index (κ2) is 5.83. The highest BCUT2D eigenvalue weighted by molar-refractivity contribution is 7.94. The number of nitrogens with one attached hydrogen (secondary N) is 2. The van der Waals surface area contributed by atoms with Gasteiger partial charge in [-0.1, -0.05) is 30.3 Å². The van der Waals surface area contributed by atoms with E-state index in [1.165, 1.54) is 0 Å². The molecule has 7 heteroatoms. The predicted molar refractivity (Wildman–Crippen MR) is 92.5 cm³/mol. The van der Waals surface area contributed by atoms with E-state index in [1.807, 2.05) is 30.3 Å². The first-order valence-electron chi connectivity index (χ1n) is 8.77. The summed E-state index contributed by atoms with van der Waals surface area (Å²) in [5.41, 5.74) is 0.901. The number of carbonyl (C=O) groups excluding carboxylic acids is 2. The Morgan fingerprint density at radius 1 is 1.28 bits per heavy atom. The zero-order valence-electron chi connectivity index (χ0n) is 13.9. The first kappa shape index (κ1) is 16.6. The van der Waals surface area contributed by atoms with Gasteiger partial charge in [-0.25, -0.2) is 8.42 Å². The molecule has 2 bridgehead atoms. The number of hydrogen-bond donors (Lipinski definition) is 2. The molecule has 1 aromatic rings. The molecule has 6 nitrogen and oxygen atoms in total. The van der Waals surface area contributed by atoms with Crippen molar-refractivity contribution in [2.24, 2.45) is 5.92 Å². The van der Waals surface area contributed by atoms with Crippen LogP contribution in [-0.2, 0) is 25.8 Å². The molecule has 3 aliphatic rings. The van der Waals surface area contributed by atoms with Gasteiger partial charge in [-0.15, -0.1) is 0 Å². The Labute approximate surface area is 147 Å². The second-order valence-corrected chi connectivity index (χ2v) is 9.94. The van der Waals surface area contributed by atoms with Gasteiger partial charge in [0.25, 0.3) is 0 Å². The summed E-state index contributed by atoms with van der Waals surface area (Å²) in [6, 6.07) is 9.02. The summed E-state index contributed by atoms with van der Waals surface area (Å²) < 4.78 is 25.3. The maximum Gasteiger partial charge on any atom is 0.240 e. The summed E-state index contributed by atoms with van der Waals surface area (Å²) in [6.45, 7) is 0.193. The van der Waals surface area contributed by atoms with Crippen molar-refractivity contribution in [1.29, 1.82) is 0 Å². The molecule has 0 radical (unpaired) electrons. The number of benzene rings is 1. The highest BCUT2D eigenvalue weighted by atomic mass is 32.2. The minimum atomic E-state index is -3.62. The van der Waals surface area contributed by atoms with Crippen molar-refractivity contribution < 1.29 is 18.0 Å². The average Bonchev–Trinajstić information content (AvgIpc) is 3.13. The van der Waals surface area contributed by atoms with Crippen LogP contribution in [0.3, 0.4) is 0 Å². The molecule has 1 heterocycles. The minimum Gasteiger partial charge on any atom is -0.353 e. The molecule has 2 aliphatic carbocycles. The lowest BCUT2D eigenvalue weighted by Crippen LogP contribution is -2.65. The van der Waals surface area contributed by atoms with Crippen LogP contribution in [0.1, 0.15) is 31.2 Å². The molecule has 4 rings (SSSR count). The van der Waals surface area contributed by atoms with Gasteiger partial charge in [-0.2, -0.15) is 0 Å². The van der Waals surface area contributed by atoms with Crippen molar-refractivity contribution in [3.05, 3.63) is 35.9 Å². The molecule has 4 atom stereocenters. The maximum atomic E-state index is 13.1. The van der Waals surface area contributed by atoms with Crippen LogP contribution >= 0.6 is 0 Å². The third kappa shape index (κ3) is 2.56. The molecule has 1 saturated heterocycles. The van der Waals surface area contributed by atoms with Crippen LogP contribution in [-0.4, -0.2) is 42.8 Å². The summed E-state index contributed by atoms with van der Waals surface area (Å²) in [5.74, 6) is -0.240. The minimum absolute atomic E-state index is 0.156. The third-order valence-corrected chi connectivity index (χ3v) is 8.97. The molecule has 2 amide bonds. The number of fused-ring (bicyclic) bond motifs is 2. The van der Waals surface area contributed by atoms with E-state index in [-0.39, 0.29) is 24.9 Å². The fourth-order valence-corrected chi connectivity index (χ4v) is 7.34. The third-order valence-electron chi connectivity index (χ3n) is 6.05. The first-order valence-corrected chi connectivity index (χ1v) is 10.3. The van der Waals surface area contributed by atoms with Gasteiger partial charge in [0.15, 0.2) is 15.1 Å². The van der Waals surface area contributed by atoms with Crippen LogP contribution in [0, 0.1) is 5.92 Å². The molecular formula is C18H22N2O4S. The van der Waals surface area contributed by atoms with Gasteiger partial charge in [0.1, 0.15) is 0 Å². The number of hydrogen-bond acceptors (Lipinski definition) is 4. The Kier molecular flexibility index (Phi) is 3.86. The van der Waals surface area contributed by atoms with Gasteiger partial charge in [0.05, 0.1) is 11.2 Å². The fraction of sp³-hybridized carbons (Fsp3) is 0.556. The molecular weight excluding hydrogens is 340 g/mol. The lowest BCUT2D eigenvalue weighted by molar-refractivity contribution is -0.125. The van der Waals surface area contributed by atoms with Crippen molar-refractivity contribution in [1.82, 2.24) is 10.6 Å². The Morgan fingerprint density at radius 2 is 2.04 bits per heavy atom. The fourth-order valence-electron chi connectivity index (χ4n) is 4.68. The molecule has 1 aromatic carbocycles. The van der Waals surface area contributed by atoms with Crippen molar-refractivity contribution in [3.8, 4) is 0 Å². The highest BCUT2D eigenvalue weighted by Gasteiger charge is 2.64. The summed E-state index contributed by atoms with van der Waals surface area (Å²) in [4.78, 5) is 24.1.